The molecule has 0 saturated carbocycles. The van der Waals surface area contributed by atoms with Crippen molar-refractivity contribution in [2.45, 2.75) is 25.4 Å². The molecule has 0 bridgehead atoms. The van der Waals surface area contributed by atoms with Gasteiger partial charge in [0, 0.05) is 47.9 Å². The number of piperidine rings is 1. The second-order valence-corrected chi connectivity index (χ2v) is 9.57. The van der Waals surface area contributed by atoms with Crippen molar-refractivity contribution in [1.82, 2.24) is 19.4 Å². The summed E-state index contributed by atoms with van der Waals surface area (Å²) in [5, 5.41) is 1.04. The summed E-state index contributed by atoms with van der Waals surface area (Å²) >= 11 is 0. The van der Waals surface area contributed by atoms with Gasteiger partial charge >= 0.3 is 0 Å². The second kappa shape index (κ2) is 14.3. The van der Waals surface area contributed by atoms with E-state index in [1.54, 1.807) is 18.5 Å². The van der Waals surface area contributed by atoms with E-state index in [2.05, 4.69) is 38.5 Å². The lowest BCUT2D eigenvalue weighted by atomic mass is 10.0. The number of nitrogens with zero attached hydrogens (tertiary/aromatic N) is 4. The molecular weight excluding hydrogens is 504 g/mol. The number of hydrogen-bond acceptors (Lipinski definition) is 4. The quantitative estimate of drug-likeness (QED) is 0.335. The first kappa shape index (κ1) is 28.1. The molecule has 0 radical (unpaired) electrons. The lowest BCUT2D eigenvalue weighted by Crippen LogP contribution is -2.46. The van der Waals surface area contributed by atoms with Gasteiger partial charge in [0.1, 0.15) is 0 Å². The first-order valence-corrected chi connectivity index (χ1v) is 13.2. The Labute approximate surface area is 236 Å². The van der Waals surface area contributed by atoms with E-state index in [4.69, 9.17) is 0 Å². The summed E-state index contributed by atoms with van der Waals surface area (Å²) in [7, 11) is 0. The first-order valence-electron chi connectivity index (χ1n) is 13.2. The molecule has 4 aromatic rings. The Hall–Kier alpha value is -3.87. The smallest absolute Gasteiger partial charge is 0.251 e. The lowest BCUT2D eigenvalue weighted by Gasteiger charge is -2.37. The Morgan fingerprint density at radius 3 is 2.03 bits per heavy atom. The number of halogens is 1. The van der Waals surface area contributed by atoms with Gasteiger partial charge in [-0.25, -0.2) is 0 Å². The molecule has 0 unspecified atom stereocenters. The molecule has 1 fully saturated rings. The molecule has 1 aliphatic heterocycles. The number of fused-ring (bicyclic) bond motifs is 1. The molecule has 1 aliphatic rings. The molecule has 39 heavy (non-hydrogen) atoms. The van der Waals surface area contributed by atoms with Crippen LogP contribution in [0.4, 0.5) is 0 Å². The Morgan fingerprint density at radius 1 is 0.795 bits per heavy atom. The lowest BCUT2D eigenvalue weighted by molar-refractivity contribution is 0.126. The molecule has 6 heteroatoms. The Balaban J connectivity index is 0.00000353. The maximum Gasteiger partial charge on any atom is 0.251 e. The van der Waals surface area contributed by atoms with Crippen LogP contribution in [0.15, 0.2) is 96.1 Å². The number of pyridine rings is 2. The Kier molecular flexibility index (Phi) is 10.3. The van der Waals surface area contributed by atoms with E-state index in [0.717, 1.165) is 54.5 Å². The highest BCUT2D eigenvalue weighted by molar-refractivity contribution is 5.85. The van der Waals surface area contributed by atoms with Crippen LogP contribution < -0.4 is 5.56 Å². The van der Waals surface area contributed by atoms with Gasteiger partial charge in [-0.3, -0.25) is 14.7 Å². The fourth-order valence-electron chi connectivity index (χ4n) is 4.96. The van der Waals surface area contributed by atoms with Crippen molar-refractivity contribution in [3.8, 4) is 23.7 Å². The molecule has 0 spiro atoms. The van der Waals surface area contributed by atoms with Crippen molar-refractivity contribution >= 4 is 23.3 Å². The monoisotopic (exact) mass is 536 g/mol. The summed E-state index contributed by atoms with van der Waals surface area (Å²) in [6.07, 6.45) is 5.67. The van der Waals surface area contributed by atoms with Crippen LogP contribution in [-0.4, -0.2) is 58.1 Å². The summed E-state index contributed by atoms with van der Waals surface area (Å²) in [5.41, 5.74) is 3.00. The molecule has 1 saturated heterocycles. The maximum absolute atomic E-state index is 12.5. The van der Waals surface area contributed by atoms with E-state index in [0.29, 0.717) is 25.7 Å². The number of rotatable bonds is 6. The molecule has 0 N–H and O–H groups in total. The minimum Gasteiger partial charge on any atom is -0.305 e. The van der Waals surface area contributed by atoms with Crippen LogP contribution in [0, 0.1) is 23.7 Å². The number of likely N-dealkylation sites (tertiary alicyclic amines) is 1. The molecule has 198 valence electrons. The van der Waals surface area contributed by atoms with Gasteiger partial charge in [0.05, 0.1) is 24.8 Å². The van der Waals surface area contributed by atoms with Gasteiger partial charge in [0.15, 0.2) is 0 Å². The van der Waals surface area contributed by atoms with Gasteiger partial charge in [-0.1, -0.05) is 60.1 Å². The van der Waals surface area contributed by atoms with Crippen LogP contribution in [0.1, 0.15) is 24.0 Å². The summed E-state index contributed by atoms with van der Waals surface area (Å²) in [6, 6.07) is 26.2. The topological polar surface area (TPSA) is 41.4 Å². The zero-order valence-corrected chi connectivity index (χ0v) is 22.8. The number of aromatic nitrogens is 2. The molecule has 2 aromatic heterocycles. The van der Waals surface area contributed by atoms with Crippen LogP contribution in [0.5, 0.6) is 0 Å². The fraction of sp³-hybridized carbons (Fsp3) is 0.273. The van der Waals surface area contributed by atoms with Crippen molar-refractivity contribution in [3.05, 3.63) is 113 Å². The average Bonchev–Trinajstić information content (AvgIpc) is 2.97. The zero-order chi connectivity index (χ0) is 26.0. The Bertz CT molecular complexity index is 1460. The van der Waals surface area contributed by atoms with E-state index in [1.165, 1.54) is 0 Å². The molecular formula is C33H33ClN4O. The number of hydrogen-bond donors (Lipinski definition) is 0. The maximum atomic E-state index is 12.5. The minimum atomic E-state index is 0. The molecule has 3 heterocycles. The predicted molar refractivity (Wildman–Crippen MR) is 161 cm³/mol. The van der Waals surface area contributed by atoms with E-state index in [-0.39, 0.29) is 18.0 Å². The van der Waals surface area contributed by atoms with E-state index in [1.807, 2.05) is 77.4 Å². The molecule has 0 atom stereocenters. The van der Waals surface area contributed by atoms with Gasteiger partial charge in [-0.2, -0.15) is 0 Å². The van der Waals surface area contributed by atoms with Crippen molar-refractivity contribution < 1.29 is 0 Å². The van der Waals surface area contributed by atoms with E-state index >= 15 is 0 Å². The Morgan fingerprint density at radius 2 is 1.41 bits per heavy atom. The number of benzene rings is 2. The largest absolute Gasteiger partial charge is 0.305 e. The zero-order valence-electron chi connectivity index (χ0n) is 22.0. The van der Waals surface area contributed by atoms with Crippen molar-refractivity contribution in [2.75, 3.05) is 32.7 Å². The molecule has 0 amide bonds. The minimum absolute atomic E-state index is 0. The van der Waals surface area contributed by atoms with Crippen LogP contribution >= 0.6 is 12.4 Å². The van der Waals surface area contributed by atoms with Gasteiger partial charge in [-0.05, 0) is 62.3 Å². The predicted octanol–water partition coefficient (Wildman–Crippen LogP) is 4.69. The molecule has 2 aromatic carbocycles. The highest BCUT2D eigenvalue weighted by Crippen LogP contribution is 2.17. The van der Waals surface area contributed by atoms with Gasteiger partial charge < -0.3 is 9.47 Å². The molecule has 5 nitrogen and oxygen atoms in total. The molecule has 0 aliphatic carbocycles. The van der Waals surface area contributed by atoms with Crippen molar-refractivity contribution in [3.63, 3.8) is 0 Å². The van der Waals surface area contributed by atoms with Gasteiger partial charge in [0.25, 0.3) is 5.56 Å². The van der Waals surface area contributed by atoms with E-state index < -0.39 is 0 Å². The van der Waals surface area contributed by atoms with Crippen molar-refractivity contribution in [1.29, 1.82) is 0 Å². The second-order valence-electron chi connectivity index (χ2n) is 9.57. The molecule has 5 rings (SSSR count). The summed E-state index contributed by atoms with van der Waals surface area (Å²) in [6.45, 7) is 4.90. The summed E-state index contributed by atoms with van der Waals surface area (Å²) in [4.78, 5) is 21.6. The van der Waals surface area contributed by atoms with E-state index in [9.17, 15) is 4.79 Å². The van der Waals surface area contributed by atoms with Crippen LogP contribution in [-0.2, 0) is 6.54 Å². The standard InChI is InChI=1S/C33H32N4O.ClH/c38-33-16-15-30-17-20-34-27-32(30)37(33)26-25-35-23-18-31(19-24-35)36(21-7-13-28-9-3-1-4-10-28)22-8-14-29-11-5-2-6-12-29;/h1-6,9-12,15-17,20,27,31H,18-19,21-26H2;1H. The third kappa shape index (κ3) is 7.82. The van der Waals surface area contributed by atoms with Crippen LogP contribution in [0.25, 0.3) is 10.9 Å². The first-order chi connectivity index (χ1) is 18.8. The normalized spacial score (nSPS) is 13.7. The summed E-state index contributed by atoms with van der Waals surface area (Å²) in [5.74, 6) is 13.4. The average molecular weight is 537 g/mol. The van der Waals surface area contributed by atoms with Gasteiger partial charge in [0.2, 0.25) is 0 Å². The summed E-state index contributed by atoms with van der Waals surface area (Å²) < 4.78 is 1.85. The fourth-order valence-corrected chi connectivity index (χ4v) is 4.96. The highest BCUT2D eigenvalue weighted by Gasteiger charge is 2.23. The third-order valence-corrected chi connectivity index (χ3v) is 7.09. The highest BCUT2D eigenvalue weighted by atomic mass is 35.5. The third-order valence-electron chi connectivity index (χ3n) is 7.09. The SMILES string of the molecule is Cl.O=c1ccc2ccncc2n1CCN1CCC(N(CC#Cc2ccccc2)CC#Cc2ccccc2)CC1. The van der Waals surface area contributed by atoms with Crippen molar-refractivity contribution in [2.24, 2.45) is 0 Å². The van der Waals surface area contributed by atoms with Crippen LogP contribution in [0.3, 0.4) is 0 Å². The van der Waals surface area contributed by atoms with Crippen LogP contribution in [0.2, 0.25) is 0 Å². The van der Waals surface area contributed by atoms with Gasteiger partial charge in [-0.15, -0.1) is 12.4 Å².